The van der Waals surface area contributed by atoms with E-state index in [2.05, 4.69) is 5.32 Å². The number of carbonyl (C=O) groups excluding carboxylic acids is 2. The van der Waals surface area contributed by atoms with Crippen molar-refractivity contribution in [3.8, 4) is 16.1 Å². The summed E-state index contributed by atoms with van der Waals surface area (Å²) in [6.45, 7) is 4.45. The van der Waals surface area contributed by atoms with Crippen molar-refractivity contribution in [3.05, 3.63) is 76.6 Å². The number of nitrogens with one attached hydrogen (secondary N) is 1. The fourth-order valence-corrected chi connectivity index (χ4v) is 5.98. The molecular weight excluding hydrogens is 468 g/mol. The number of aromatic nitrogens is 2. The van der Waals surface area contributed by atoms with Gasteiger partial charge in [-0.15, -0.1) is 11.3 Å². The summed E-state index contributed by atoms with van der Waals surface area (Å²) < 4.78 is 1.58. The van der Waals surface area contributed by atoms with Gasteiger partial charge in [-0.3, -0.25) is 19.1 Å². The maximum absolute atomic E-state index is 13.8. The lowest BCUT2D eigenvalue weighted by Crippen LogP contribution is -2.39. The van der Waals surface area contributed by atoms with Gasteiger partial charge in [0, 0.05) is 18.0 Å². The third-order valence-electron chi connectivity index (χ3n) is 5.70. The summed E-state index contributed by atoms with van der Waals surface area (Å²) in [5, 5.41) is 3.01. The molecule has 1 atom stereocenters. The van der Waals surface area contributed by atoms with Crippen LogP contribution in [0.1, 0.15) is 12.5 Å². The minimum absolute atomic E-state index is 0.182. The number of hydrogen-bond donors (Lipinski definition) is 1. The highest BCUT2D eigenvalue weighted by Gasteiger charge is 2.31. The number of thiophene rings is 1. The lowest BCUT2D eigenvalue weighted by Gasteiger charge is -2.19. The van der Waals surface area contributed by atoms with Gasteiger partial charge in [0.1, 0.15) is 4.83 Å². The standard InChI is InChI=1S/C25H22N4O3S2/c1-15-8-6-7-11-19(15)29-23(31)18-14-20(17-9-4-3-5-10-17)34-21(18)27-25(29)33-16(2)22(30)28-13-12-26-24(28)32/h3-11,14,16H,12-13H2,1-2H3,(H,26,32). The molecule has 0 saturated carbocycles. The smallest absolute Gasteiger partial charge is 0.324 e. The van der Waals surface area contributed by atoms with E-state index in [9.17, 15) is 14.4 Å². The van der Waals surface area contributed by atoms with E-state index in [1.54, 1.807) is 11.5 Å². The molecule has 0 radical (unpaired) electrons. The van der Waals surface area contributed by atoms with Crippen LogP contribution in [0.25, 0.3) is 26.3 Å². The van der Waals surface area contributed by atoms with Gasteiger partial charge < -0.3 is 5.32 Å². The van der Waals surface area contributed by atoms with E-state index in [1.165, 1.54) is 28.0 Å². The summed E-state index contributed by atoms with van der Waals surface area (Å²) in [6.07, 6.45) is 0. The van der Waals surface area contributed by atoms with Crippen molar-refractivity contribution in [2.75, 3.05) is 13.1 Å². The van der Waals surface area contributed by atoms with Crippen molar-refractivity contribution in [2.24, 2.45) is 0 Å². The molecule has 2 aromatic heterocycles. The molecule has 1 N–H and O–H groups in total. The van der Waals surface area contributed by atoms with Gasteiger partial charge in [0.15, 0.2) is 5.16 Å². The van der Waals surface area contributed by atoms with Crippen molar-refractivity contribution in [1.29, 1.82) is 0 Å². The first-order chi connectivity index (χ1) is 16.4. The molecule has 172 valence electrons. The lowest BCUT2D eigenvalue weighted by atomic mass is 10.2. The number of rotatable bonds is 5. The molecule has 5 rings (SSSR count). The fourth-order valence-electron chi connectivity index (χ4n) is 3.92. The molecule has 1 aliphatic heterocycles. The van der Waals surface area contributed by atoms with E-state index in [1.807, 2.05) is 67.6 Å². The van der Waals surface area contributed by atoms with Crippen LogP contribution in [0.15, 0.2) is 70.6 Å². The molecule has 2 aromatic carbocycles. The number of amides is 3. The third kappa shape index (κ3) is 4.01. The van der Waals surface area contributed by atoms with Gasteiger partial charge in [-0.05, 0) is 37.1 Å². The highest BCUT2D eigenvalue weighted by molar-refractivity contribution is 8.00. The number of nitrogens with zero attached hydrogens (tertiary/aromatic N) is 3. The number of carbonyl (C=O) groups is 2. The first kappa shape index (κ1) is 22.4. The molecule has 1 saturated heterocycles. The van der Waals surface area contributed by atoms with Gasteiger partial charge in [0.25, 0.3) is 5.56 Å². The Kier molecular flexibility index (Phi) is 5.97. The van der Waals surface area contributed by atoms with Crippen molar-refractivity contribution < 1.29 is 9.59 Å². The molecule has 1 aliphatic rings. The zero-order valence-corrected chi connectivity index (χ0v) is 20.3. The second kappa shape index (κ2) is 9.08. The van der Waals surface area contributed by atoms with Crippen molar-refractivity contribution in [2.45, 2.75) is 24.3 Å². The molecule has 0 spiro atoms. The van der Waals surface area contributed by atoms with E-state index >= 15 is 0 Å². The summed E-state index contributed by atoms with van der Waals surface area (Å²) in [5.74, 6) is -0.304. The average Bonchev–Trinajstić information content (AvgIpc) is 3.46. The van der Waals surface area contributed by atoms with Crippen LogP contribution in [-0.2, 0) is 4.79 Å². The zero-order valence-electron chi connectivity index (χ0n) is 18.6. The SMILES string of the molecule is Cc1ccccc1-n1c(SC(C)C(=O)N2CCNC2=O)nc2sc(-c3ccccc3)cc2c1=O. The zero-order chi connectivity index (χ0) is 23.8. The molecular formula is C25H22N4O3S2. The largest absolute Gasteiger partial charge is 0.336 e. The molecule has 7 nitrogen and oxygen atoms in total. The normalized spacial score (nSPS) is 14.4. The average molecular weight is 491 g/mol. The second-order valence-corrected chi connectivity index (χ2v) is 10.3. The van der Waals surface area contributed by atoms with E-state index in [4.69, 9.17) is 4.98 Å². The first-order valence-electron chi connectivity index (χ1n) is 10.9. The Labute approximate surface area is 204 Å². The minimum atomic E-state index is -0.600. The van der Waals surface area contributed by atoms with Crippen LogP contribution in [0.4, 0.5) is 4.79 Å². The number of fused-ring (bicyclic) bond motifs is 1. The second-order valence-electron chi connectivity index (χ2n) is 8.00. The summed E-state index contributed by atoms with van der Waals surface area (Å²) >= 11 is 2.64. The number of benzene rings is 2. The van der Waals surface area contributed by atoms with Crippen LogP contribution in [0.5, 0.6) is 0 Å². The third-order valence-corrected chi connectivity index (χ3v) is 7.82. The Hall–Kier alpha value is -3.43. The topological polar surface area (TPSA) is 84.3 Å². The maximum atomic E-state index is 13.8. The fraction of sp³-hybridized carbons (Fsp3) is 0.200. The van der Waals surface area contributed by atoms with Crippen molar-refractivity contribution >= 4 is 45.3 Å². The Bertz CT molecular complexity index is 1460. The predicted molar refractivity (Wildman–Crippen MR) is 136 cm³/mol. The van der Waals surface area contributed by atoms with Crippen molar-refractivity contribution in [3.63, 3.8) is 0 Å². The Morgan fingerprint density at radius 1 is 1.12 bits per heavy atom. The van der Waals surface area contributed by atoms with Gasteiger partial charge in [0.2, 0.25) is 5.91 Å². The minimum Gasteiger partial charge on any atom is -0.336 e. The number of aryl methyl sites for hydroxylation is 1. The van der Waals surface area contributed by atoms with E-state index in [0.717, 1.165) is 21.7 Å². The molecule has 0 aliphatic carbocycles. The Balaban J connectivity index is 1.63. The quantitative estimate of drug-likeness (QED) is 0.330. The van der Waals surface area contributed by atoms with Gasteiger partial charge in [-0.25, -0.2) is 9.78 Å². The van der Waals surface area contributed by atoms with E-state index < -0.39 is 5.25 Å². The summed E-state index contributed by atoms with van der Waals surface area (Å²) in [6, 6.07) is 19.0. The summed E-state index contributed by atoms with van der Waals surface area (Å²) in [5.41, 5.74) is 2.48. The van der Waals surface area contributed by atoms with Crippen LogP contribution >= 0.6 is 23.1 Å². The van der Waals surface area contributed by atoms with Gasteiger partial charge >= 0.3 is 6.03 Å². The molecule has 3 heterocycles. The number of thioether (sulfide) groups is 1. The summed E-state index contributed by atoms with van der Waals surface area (Å²) in [7, 11) is 0. The predicted octanol–water partition coefficient (Wildman–Crippen LogP) is 4.46. The molecule has 0 bridgehead atoms. The van der Waals surface area contributed by atoms with E-state index in [0.29, 0.717) is 28.5 Å². The number of imide groups is 1. The Morgan fingerprint density at radius 2 is 1.85 bits per heavy atom. The molecule has 9 heteroatoms. The van der Waals surface area contributed by atoms with Gasteiger partial charge in [-0.2, -0.15) is 0 Å². The number of urea groups is 1. The monoisotopic (exact) mass is 490 g/mol. The molecule has 1 fully saturated rings. The molecule has 1 unspecified atom stereocenters. The van der Waals surface area contributed by atoms with Crippen LogP contribution in [-0.4, -0.2) is 44.7 Å². The number of para-hydroxylation sites is 1. The van der Waals surface area contributed by atoms with Crippen LogP contribution in [0, 0.1) is 6.92 Å². The van der Waals surface area contributed by atoms with E-state index in [-0.39, 0.29) is 17.5 Å². The highest BCUT2D eigenvalue weighted by Crippen LogP contribution is 2.34. The van der Waals surface area contributed by atoms with Gasteiger partial charge in [0.05, 0.1) is 16.3 Å². The van der Waals surface area contributed by atoms with Crippen LogP contribution < -0.4 is 10.9 Å². The van der Waals surface area contributed by atoms with Crippen LogP contribution in [0.3, 0.4) is 0 Å². The number of hydrogen-bond acceptors (Lipinski definition) is 6. The maximum Gasteiger partial charge on any atom is 0.324 e. The molecule has 34 heavy (non-hydrogen) atoms. The summed E-state index contributed by atoms with van der Waals surface area (Å²) in [4.78, 5) is 46.3. The Morgan fingerprint density at radius 3 is 2.56 bits per heavy atom. The molecule has 3 amide bonds. The highest BCUT2D eigenvalue weighted by atomic mass is 32.2. The lowest BCUT2D eigenvalue weighted by molar-refractivity contribution is -0.126. The van der Waals surface area contributed by atoms with Gasteiger partial charge in [-0.1, -0.05) is 60.3 Å². The van der Waals surface area contributed by atoms with Crippen molar-refractivity contribution in [1.82, 2.24) is 19.8 Å². The molecule has 4 aromatic rings. The first-order valence-corrected chi connectivity index (χ1v) is 12.6. The van der Waals surface area contributed by atoms with Crippen LogP contribution in [0.2, 0.25) is 0 Å².